The number of hydrogen-bond acceptors (Lipinski definition) is 3. The second-order valence-corrected chi connectivity index (χ2v) is 7.75. The number of aromatic nitrogens is 1. The van der Waals surface area contributed by atoms with Crippen molar-refractivity contribution in [2.75, 3.05) is 4.90 Å². The number of aryl methyl sites for hydroxylation is 1. The van der Waals surface area contributed by atoms with Crippen LogP contribution in [0.15, 0.2) is 72.8 Å². The van der Waals surface area contributed by atoms with E-state index < -0.39 is 0 Å². The first-order chi connectivity index (χ1) is 13.1. The molecular weight excluding hydrogens is 376 g/mol. The minimum absolute atomic E-state index is 0.0715. The summed E-state index contributed by atoms with van der Waals surface area (Å²) >= 11 is 7.77. The maximum absolute atomic E-state index is 13.3. The monoisotopic (exact) mass is 392 g/mol. The van der Waals surface area contributed by atoms with Crippen LogP contribution in [0.3, 0.4) is 0 Å². The summed E-state index contributed by atoms with van der Waals surface area (Å²) in [6.45, 7) is 2.43. The van der Waals surface area contributed by atoms with E-state index in [2.05, 4.69) is 4.98 Å². The average Bonchev–Trinajstić information content (AvgIpc) is 3.12. The fourth-order valence-electron chi connectivity index (χ4n) is 2.94. The van der Waals surface area contributed by atoms with Gasteiger partial charge in [0, 0.05) is 5.56 Å². The van der Waals surface area contributed by atoms with Gasteiger partial charge in [-0.1, -0.05) is 77.0 Å². The molecule has 0 atom stereocenters. The van der Waals surface area contributed by atoms with E-state index in [4.69, 9.17) is 11.6 Å². The van der Waals surface area contributed by atoms with Crippen LogP contribution in [-0.2, 0) is 6.54 Å². The van der Waals surface area contributed by atoms with E-state index in [-0.39, 0.29) is 5.91 Å². The highest BCUT2D eigenvalue weighted by molar-refractivity contribution is 7.22. The van der Waals surface area contributed by atoms with E-state index in [0.717, 1.165) is 21.3 Å². The number of hydrogen-bond donors (Lipinski definition) is 0. The average molecular weight is 393 g/mol. The van der Waals surface area contributed by atoms with Crippen molar-refractivity contribution in [1.82, 2.24) is 4.98 Å². The molecular formula is C22H17ClN2OS. The van der Waals surface area contributed by atoms with Crippen molar-refractivity contribution >= 4 is 44.2 Å². The van der Waals surface area contributed by atoms with E-state index in [1.165, 1.54) is 11.3 Å². The van der Waals surface area contributed by atoms with Gasteiger partial charge in [-0.05, 0) is 36.8 Å². The zero-order chi connectivity index (χ0) is 18.8. The Bertz CT molecular complexity index is 1110. The molecule has 0 N–H and O–H groups in total. The molecule has 0 aliphatic carbocycles. The van der Waals surface area contributed by atoms with E-state index >= 15 is 0 Å². The maximum Gasteiger partial charge on any atom is 0.260 e. The first-order valence-corrected chi connectivity index (χ1v) is 9.79. The number of halogens is 1. The normalized spacial score (nSPS) is 10.9. The summed E-state index contributed by atoms with van der Waals surface area (Å²) in [5.74, 6) is -0.0715. The molecule has 5 heteroatoms. The van der Waals surface area contributed by atoms with Crippen molar-refractivity contribution in [2.24, 2.45) is 0 Å². The van der Waals surface area contributed by atoms with Crippen molar-refractivity contribution in [3.63, 3.8) is 0 Å². The third-order valence-electron chi connectivity index (χ3n) is 4.28. The Labute approximate surface area is 166 Å². The maximum atomic E-state index is 13.3. The van der Waals surface area contributed by atoms with Gasteiger partial charge in [0.2, 0.25) is 0 Å². The lowest BCUT2D eigenvalue weighted by Gasteiger charge is -2.20. The Hall–Kier alpha value is -2.69. The molecule has 0 radical (unpaired) electrons. The van der Waals surface area contributed by atoms with Gasteiger partial charge in [0.25, 0.3) is 5.91 Å². The Balaban J connectivity index is 1.79. The first-order valence-electron chi connectivity index (χ1n) is 8.59. The summed E-state index contributed by atoms with van der Waals surface area (Å²) in [5, 5.41) is 1.24. The van der Waals surface area contributed by atoms with Gasteiger partial charge >= 0.3 is 0 Å². The Morgan fingerprint density at radius 2 is 1.81 bits per heavy atom. The summed E-state index contributed by atoms with van der Waals surface area (Å²) in [6, 6.07) is 23.2. The molecule has 0 aliphatic heterocycles. The molecule has 1 aromatic heterocycles. The standard InChI is InChI=1S/C22H17ClN2OS/c1-15-7-5-10-17(13-15)21(26)25(14-16-8-3-2-4-9-16)22-24-20-18(23)11-6-12-19(20)27-22/h2-13H,14H2,1H3. The molecule has 0 spiro atoms. The number of anilines is 1. The number of carbonyl (C=O) groups is 1. The zero-order valence-electron chi connectivity index (χ0n) is 14.7. The molecule has 3 nitrogen and oxygen atoms in total. The van der Waals surface area contributed by atoms with Crippen molar-refractivity contribution in [3.05, 3.63) is 94.5 Å². The van der Waals surface area contributed by atoms with Crippen LogP contribution in [0.2, 0.25) is 5.02 Å². The number of carbonyl (C=O) groups excluding carboxylic acids is 1. The van der Waals surface area contributed by atoms with Crippen LogP contribution in [0.25, 0.3) is 10.2 Å². The largest absolute Gasteiger partial charge is 0.279 e. The molecule has 0 saturated carbocycles. The lowest BCUT2D eigenvalue weighted by atomic mass is 10.1. The topological polar surface area (TPSA) is 33.2 Å². The highest BCUT2D eigenvalue weighted by Crippen LogP contribution is 2.34. The molecule has 134 valence electrons. The van der Waals surface area contributed by atoms with Gasteiger partial charge in [0.05, 0.1) is 16.3 Å². The minimum atomic E-state index is -0.0715. The number of benzene rings is 3. The highest BCUT2D eigenvalue weighted by Gasteiger charge is 2.22. The molecule has 1 heterocycles. The summed E-state index contributed by atoms with van der Waals surface area (Å²) in [5.41, 5.74) is 3.47. The van der Waals surface area contributed by atoms with Crippen LogP contribution < -0.4 is 4.90 Å². The lowest BCUT2D eigenvalue weighted by Crippen LogP contribution is -2.30. The van der Waals surface area contributed by atoms with Crippen molar-refractivity contribution in [2.45, 2.75) is 13.5 Å². The van der Waals surface area contributed by atoms with E-state index in [0.29, 0.717) is 22.3 Å². The summed E-state index contributed by atoms with van der Waals surface area (Å²) in [6.07, 6.45) is 0. The van der Waals surface area contributed by atoms with Gasteiger partial charge in [0.1, 0.15) is 5.52 Å². The van der Waals surface area contributed by atoms with Gasteiger partial charge < -0.3 is 0 Å². The van der Waals surface area contributed by atoms with Gasteiger partial charge in [-0.3, -0.25) is 9.69 Å². The van der Waals surface area contributed by atoms with Crippen molar-refractivity contribution in [3.8, 4) is 0 Å². The fourth-order valence-corrected chi connectivity index (χ4v) is 4.21. The molecule has 4 aromatic rings. The summed E-state index contributed by atoms with van der Waals surface area (Å²) in [4.78, 5) is 19.7. The molecule has 0 unspecified atom stereocenters. The number of para-hydroxylation sites is 1. The summed E-state index contributed by atoms with van der Waals surface area (Å²) < 4.78 is 0.965. The van der Waals surface area contributed by atoms with E-state index in [1.54, 1.807) is 4.90 Å². The van der Waals surface area contributed by atoms with Crippen LogP contribution in [-0.4, -0.2) is 10.9 Å². The molecule has 4 rings (SSSR count). The van der Waals surface area contributed by atoms with Crippen LogP contribution in [0, 0.1) is 6.92 Å². The van der Waals surface area contributed by atoms with Gasteiger partial charge in [0.15, 0.2) is 5.13 Å². The van der Waals surface area contributed by atoms with Crippen LogP contribution in [0.4, 0.5) is 5.13 Å². The SMILES string of the molecule is Cc1cccc(C(=O)N(Cc2ccccc2)c2nc3c(Cl)cccc3s2)c1. The Morgan fingerprint density at radius 1 is 1.04 bits per heavy atom. The predicted molar refractivity (Wildman–Crippen MR) is 113 cm³/mol. The highest BCUT2D eigenvalue weighted by atomic mass is 35.5. The third-order valence-corrected chi connectivity index (χ3v) is 5.63. The Morgan fingerprint density at radius 3 is 2.56 bits per heavy atom. The third kappa shape index (κ3) is 3.72. The number of fused-ring (bicyclic) bond motifs is 1. The van der Waals surface area contributed by atoms with Gasteiger partial charge in [-0.15, -0.1) is 0 Å². The molecule has 27 heavy (non-hydrogen) atoms. The minimum Gasteiger partial charge on any atom is -0.279 e. The summed E-state index contributed by atoms with van der Waals surface area (Å²) in [7, 11) is 0. The zero-order valence-corrected chi connectivity index (χ0v) is 16.3. The second-order valence-electron chi connectivity index (χ2n) is 6.33. The van der Waals surface area contributed by atoms with E-state index in [1.807, 2.05) is 79.7 Å². The van der Waals surface area contributed by atoms with Gasteiger partial charge in [-0.25, -0.2) is 4.98 Å². The van der Waals surface area contributed by atoms with Crippen molar-refractivity contribution in [1.29, 1.82) is 0 Å². The molecule has 0 fully saturated rings. The molecule has 3 aromatic carbocycles. The number of rotatable bonds is 4. The van der Waals surface area contributed by atoms with Crippen LogP contribution in [0.5, 0.6) is 0 Å². The second kappa shape index (κ2) is 7.51. The fraction of sp³-hybridized carbons (Fsp3) is 0.0909. The van der Waals surface area contributed by atoms with Crippen LogP contribution >= 0.6 is 22.9 Å². The first kappa shape index (κ1) is 17.7. The smallest absolute Gasteiger partial charge is 0.260 e. The van der Waals surface area contributed by atoms with Gasteiger partial charge in [-0.2, -0.15) is 0 Å². The lowest BCUT2D eigenvalue weighted by molar-refractivity contribution is 0.0985. The Kier molecular flexibility index (Phi) is 4.92. The number of nitrogens with zero attached hydrogens (tertiary/aromatic N) is 2. The van der Waals surface area contributed by atoms with Crippen LogP contribution in [0.1, 0.15) is 21.5 Å². The predicted octanol–water partition coefficient (Wildman–Crippen LogP) is 6.11. The van der Waals surface area contributed by atoms with Crippen molar-refractivity contribution < 1.29 is 4.79 Å². The molecule has 1 amide bonds. The number of amides is 1. The van der Waals surface area contributed by atoms with E-state index in [9.17, 15) is 4.79 Å². The molecule has 0 bridgehead atoms. The quantitative estimate of drug-likeness (QED) is 0.420. The molecule has 0 saturated heterocycles. The molecule has 0 aliphatic rings. The number of thiazole rings is 1.